The van der Waals surface area contributed by atoms with Gasteiger partial charge in [0.25, 0.3) is 0 Å². The van der Waals surface area contributed by atoms with E-state index in [-0.39, 0.29) is 18.7 Å². The second-order valence-electron chi connectivity index (χ2n) is 8.29. The van der Waals surface area contributed by atoms with Crippen molar-refractivity contribution in [2.24, 2.45) is 0 Å². The topological polar surface area (TPSA) is 67.6 Å². The van der Waals surface area contributed by atoms with E-state index in [2.05, 4.69) is 28.7 Å². The molecule has 3 rings (SSSR count). The fourth-order valence-corrected chi connectivity index (χ4v) is 3.43. The average Bonchev–Trinajstić information content (AvgIpc) is 3.38. The summed E-state index contributed by atoms with van der Waals surface area (Å²) < 4.78 is 7.74. The molecule has 0 saturated heterocycles. The zero-order chi connectivity index (χ0) is 19.6. The Morgan fingerprint density at radius 2 is 2.11 bits per heavy atom. The Hall–Kier alpha value is -2.08. The van der Waals surface area contributed by atoms with E-state index in [1.54, 1.807) is 0 Å². The summed E-state index contributed by atoms with van der Waals surface area (Å²) in [7, 11) is 0. The summed E-state index contributed by atoms with van der Waals surface area (Å²) in [5, 5.41) is 10.3. The van der Waals surface area contributed by atoms with Crippen LogP contribution < -0.4 is 0 Å². The molecule has 1 N–H and O–H groups in total. The van der Waals surface area contributed by atoms with Crippen LogP contribution in [0.2, 0.25) is 0 Å². The van der Waals surface area contributed by atoms with Gasteiger partial charge in [-0.1, -0.05) is 6.92 Å². The molecule has 1 aliphatic rings. The average molecular weight is 373 g/mol. The Morgan fingerprint density at radius 1 is 1.37 bits per heavy atom. The minimum absolute atomic E-state index is 0.147. The number of carbonyl (C=O) groups is 1. The number of ether oxygens (including phenoxy) is 1. The van der Waals surface area contributed by atoms with Crippen LogP contribution >= 0.6 is 0 Å². The summed E-state index contributed by atoms with van der Waals surface area (Å²) in [4.78, 5) is 19.2. The number of fused-ring (bicyclic) bond motifs is 1. The fourth-order valence-electron chi connectivity index (χ4n) is 3.43. The molecular weight excluding hydrogens is 342 g/mol. The van der Waals surface area contributed by atoms with E-state index in [0.29, 0.717) is 19.5 Å². The lowest BCUT2D eigenvalue weighted by atomic mass is 10.1. The number of pyridine rings is 1. The monoisotopic (exact) mass is 373 g/mol. The number of aliphatic hydroxyl groups excluding tert-OH is 1. The van der Waals surface area contributed by atoms with Crippen LogP contribution in [0, 0.1) is 0 Å². The molecule has 6 heteroatoms. The summed E-state index contributed by atoms with van der Waals surface area (Å²) in [5.41, 5.74) is 2.76. The van der Waals surface area contributed by atoms with Gasteiger partial charge in [-0.25, -0.2) is 9.78 Å². The van der Waals surface area contributed by atoms with Gasteiger partial charge in [0.05, 0.1) is 6.54 Å². The molecule has 27 heavy (non-hydrogen) atoms. The number of aliphatic hydroxyl groups is 1. The molecule has 148 valence electrons. The summed E-state index contributed by atoms with van der Waals surface area (Å²) in [6.07, 6.45) is 7.33. The van der Waals surface area contributed by atoms with Crippen molar-refractivity contribution < 1.29 is 14.6 Å². The molecule has 6 nitrogen and oxygen atoms in total. The lowest BCUT2D eigenvalue weighted by Gasteiger charge is -2.27. The van der Waals surface area contributed by atoms with Gasteiger partial charge in [0, 0.05) is 37.0 Å². The minimum Gasteiger partial charge on any atom is -0.444 e. The van der Waals surface area contributed by atoms with Crippen molar-refractivity contribution in [1.82, 2.24) is 14.5 Å². The predicted molar refractivity (Wildman–Crippen MR) is 106 cm³/mol. The van der Waals surface area contributed by atoms with E-state index in [9.17, 15) is 9.90 Å². The molecule has 0 bridgehead atoms. The molecule has 0 unspecified atom stereocenters. The van der Waals surface area contributed by atoms with Crippen molar-refractivity contribution in [3.05, 3.63) is 29.6 Å². The molecule has 1 saturated carbocycles. The third-order valence-electron chi connectivity index (χ3n) is 4.82. The number of nitrogens with zero attached hydrogens (tertiary/aromatic N) is 3. The van der Waals surface area contributed by atoms with Crippen molar-refractivity contribution in [3.8, 4) is 0 Å². The molecule has 1 fully saturated rings. The maximum absolute atomic E-state index is 12.8. The highest BCUT2D eigenvalue weighted by atomic mass is 16.6. The molecule has 1 aliphatic carbocycles. The highest BCUT2D eigenvalue weighted by Crippen LogP contribution is 2.32. The predicted octanol–water partition coefficient (Wildman–Crippen LogP) is 3.88. The SMILES string of the molecule is CCc1ccnc2c1c(CN(C(=O)OC(C)(C)C)C1CC1)cn2CCCO. The molecule has 0 atom stereocenters. The summed E-state index contributed by atoms with van der Waals surface area (Å²) >= 11 is 0. The lowest BCUT2D eigenvalue weighted by Crippen LogP contribution is -2.37. The normalized spacial score (nSPS) is 14.6. The third-order valence-corrected chi connectivity index (χ3v) is 4.82. The van der Waals surface area contributed by atoms with Crippen LogP contribution in [-0.2, 0) is 24.2 Å². The van der Waals surface area contributed by atoms with Crippen LogP contribution in [0.15, 0.2) is 18.5 Å². The molecule has 0 radical (unpaired) electrons. The van der Waals surface area contributed by atoms with Crippen molar-refractivity contribution >= 4 is 17.1 Å². The number of aromatic nitrogens is 2. The molecule has 2 aromatic heterocycles. The molecule has 2 aromatic rings. The minimum atomic E-state index is -0.504. The van der Waals surface area contributed by atoms with Crippen LogP contribution in [0.3, 0.4) is 0 Å². The van der Waals surface area contributed by atoms with Gasteiger partial charge in [0.15, 0.2) is 0 Å². The number of hydrogen-bond acceptors (Lipinski definition) is 4. The summed E-state index contributed by atoms with van der Waals surface area (Å²) in [6.45, 7) is 9.22. The van der Waals surface area contributed by atoms with Crippen LogP contribution in [0.1, 0.15) is 58.1 Å². The van der Waals surface area contributed by atoms with Gasteiger partial charge < -0.3 is 19.3 Å². The van der Waals surface area contributed by atoms with Gasteiger partial charge in [-0.15, -0.1) is 0 Å². The van der Waals surface area contributed by atoms with Gasteiger partial charge in [0.2, 0.25) is 0 Å². The van der Waals surface area contributed by atoms with E-state index < -0.39 is 5.60 Å². The number of hydrogen-bond donors (Lipinski definition) is 1. The van der Waals surface area contributed by atoms with Gasteiger partial charge in [0.1, 0.15) is 11.2 Å². The Labute approximate surface area is 161 Å². The quantitative estimate of drug-likeness (QED) is 0.800. The van der Waals surface area contributed by atoms with Gasteiger partial charge >= 0.3 is 6.09 Å². The first-order valence-electron chi connectivity index (χ1n) is 9.90. The van der Waals surface area contributed by atoms with Crippen LogP contribution in [-0.4, -0.2) is 43.9 Å². The third kappa shape index (κ3) is 4.61. The smallest absolute Gasteiger partial charge is 0.410 e. The molecular formula is C21H31N3O3. The zero-order valence-electron chi connectivity index (χ0n) is 16.9. The number of carbonyl (C=O) groups excluding carboxylic acids is 1. The van der Waals surface area contributed by atoms with Gasteiger partial charge in [-0.05, 0) is 63.6 Å². The Bertz CT molecular complexity index is 803. The van der Waals surface area contributed by atoms with Crippen molar-refractivity contribution in [2.45, 2.75) is 78.1 Å². The van der Waals surface area contributed by atoms with Crippen molar-refractivity contribution in [2.75, 3.05) is 6.61 Å². The zero-order valence-corrected chi connectivity index (χ0v) is 16.9. The Kier molecular flexibility index (Phi) is 5.75. The molecule has 0 spiro atoms. The van der Waals surface area contributed by atoms with Crippen LogP contribution in [0.4, 0.5) is 4.79 Å². The van der Waals surface area contributed by atoms with Gasteiger partial charge in [-0.2, -0.15) is 0 Å². The first-order valence-corrected chi connectivity index (χ1v) is 9.90. The van der Waals surface area contributed by atoms with Crippen molar-refractivity contribution in [3.63, 3.8) is 0 Å². The van der Waals surface area contributed by atoms with Crippen molar-refractivity contribution in [1.29, 1.82) is 0 Å². The van der Waals surface area contributed by atoms with E-state index >= 15 is 0 Å². The second-order valence-corrected chi connectivity index (χ2v) is 8.29. The largest absolute Gasteiger partial charge is 0.444 e. The van der Waals surface area contributed by atoms with E-state index in [1.165, 1.54) is 5.56 Å². The second kappa shape index (κ2) is 7.89. The Morgan fingerprint density at radius 3 is 2.70 bits per heavy atom. The Balaban J connectivity index is 1.95. The number of amides is 1. The first-order chi connectivity index (χ1) is 12.8. The maximum atomic E-state index is 12.8. The molecule has 2 heterocycles. The van der Waals surface area contributed by atoms with Crippen LogP contribution in [0.25, 0.3) is 11.0 Å². The number of rotatable bonds is 7. The fraction of sp³-hybridized carbons (Fsp3) is 0.619. The summed E-state index contributed by atoms with van der Waals surface area (Å²) in [5.74, 6) is 0. The highest BCUT2D eigenvalue weighted by molar-refractivity contribution is 5.84. The number of aryl methyl sites for hydroxylation is 2. The van der Waals surface area contributed by atoms with E-state index in [1.807, 2.05) is 31.9 Å². The van der Waals surface area contributed by atoms with Gasteiger partial charge in [-0.3, -0.25) is 0 Å². The van der Waals surface area contributed by atoms with Crippen LogP contribution in [0.5, 0.6) is 0 Å². The lowest BCUT2D eigenvalue weighted by molar-refractivity contribution is 0.0217. The standard InChI is InChI=1S/C21H31N3O3/c1-5-15-9-10-22-19-18(15)16(13-23(19)11-6-12-25)14-24(17-7-8-17)20(26)27-21(2,3)4/h9-10,13,17,25H,5-8,11-12,14H2,1-4H3. The van der Waals surface area contributed by atoms with E-state index in [4.69, 9.17) is 4.74 Å². The first kappa shape index (κ1) is 19.7. The summed E-state index contributed by atoms with van der Waals surface area (Å²) in [6, 6.07) is 2.31. The maximum Gasteiger partial charge on any atom is 0.410 e. The highest BCUT2D eigenvalue weighted by Gasteiger charge is 2.36. The molecule has 0 aromatic carbocycles. The molecule has 1 amide bonds. The molecule has 0 aliphatic heterocycles. The van der Waals surface area contributed by atoms with E-state index in [0.717, 1.165) is 35.9 Å².